The average molecular weight is 261 g/mol. The summed E-state index contributed by atoms with van der Waals surface area (Å²) in [6, 6.07) is 3.90. The summed E-state index contributed by atoms with van der Waals surface area (Å²) in [5.74, 6) is 2.53. The Morgan fingerprint density at radius 3 is 3.00 bits per heavy atom. The first-order valence-corrected chi connectivity index (χ1v) is 6.72. The van der Waals surface area contributed by atoms with E-state index >= 15 is 0 Å². The summed E-state index contributed by atoms with van der Waals surface area (Å²) in [5.41, 5.74) is 0.777. The minimum atomic E-state index is 0.744. The van der Waals surface area contributed by atoms with Crippen molar-refractivity contribution in [2.24, 2.45) is 5.92 Å². The minimum absolute atomic E-state index is 0.744. The maximum absolute atomic E-state index is 5.64. The summed E-state index contributed by atoms with van der Waals surface area (Å²) in [5, 5.41) is 12.6. The number of nitrogens with zero attached hydrogens (tertiary/aromatic N) is 5. The third-order valence-corrected chi connectivity index (χ3v) is 3.42. The number of likely N-dealkylation sites (N-methyl/N-ethyl adjacent to an activating group) is 1. The highest BCUT2D eigenvalue weighted by molar-refractivity contribution is 5.45. The largest absolute Gasteiger partial charge is 0.379 e. The van der Waals surface area contributed by atoms with Crippen LogP contribution >= 0.6 is 0 Å². The van der Waals surface area contributed by atoms with Crippen LogP contribution in [0.3, 0.4) is 0 Å². The molecule has 2 aromatic rings. The molecule has 0 atom stereocenters. The molecule has 0 N–H and O–H groups in total. The van der Waals surface area contributed by atoms with Gasteiger partial charge in [0, 0.05) is 20.2 Å². The molecular formula is C13H19N5O. The molecule has 102 valence electrons. The summed E-state index contributed by atoms with van der Waals surface area (Å²) in [7, 11) is 2.02. The highest BCUT2D eigenvalue weighted by Gasteiger charge is 2.21. The van der Waals surface area contributed by atoms with Gasteiger partial charge in [0.15, 0.2) is 11.5 Å². The van der Waals surface area contributed by atoms with Crippen molar-refractivity contribution in [1.82, 2.24) is 19.8 Å². The molecule has 0 aliphatic heterocycles. The molecule has 0 radical (unpaired) electrons. The third kappa shape index (κ3) is 2.84. The molecule has 3 rings (SSSR count). The lowest BCUT2D eigenvalue weighted by atomic mass is 10.4. The summed E-state index contributed by atoms with van der Waals surface area (Å²) in [4.78, 5) is 2.09. The first-order valence-electron chi connectivity index (χ1n) is 6.72. The van der Waals surface area contributed by atoms with E-state index in [0.29, 0.717) is 0 Å². The fourth-order valence-electron chi connectivity index (χ4n) is 1.94. The second-order valence-corrected chi connectivity index (χ2v) is 5.15. The number of aromatic nitrogens is 4. The van der Waals surface area contributed by atoms with Crippen LogP contribution in [0.1, 0.15) is 18.7 Å². The van der Waals surface area contributed by atoms with E-state index in [1.807, 2.05) is 26.1 Å². The molecule has 6 nitrogen and oxygen atoms in total. The van der Waals surface area contributed by atoms with Crippen LogP contribution in [0.2, 0.25) is 0 Å². The molecule has 0 bridgehead atoms. The van der Waals surface area contributed by atoms with E-state index in [1.165, 1.54) is 12.8 Å². The predicted octanol–water partition coefficient (Wildman–Crippen LogP) is 1.30. The monoisotopic (exact) mass is 261 g/mol. The number of ether oxygens (including phenoxy) is 1. The molecule has 19 heavy (non-hydrogen) atoms. The van der Waals surface area contributed by atoms with Crippen LogP contribution in [0.25, 0.3) is 5.65 Å². The molecule has 1 aliphatic rings. The van der Waals surface area contributed by atoms with Gasteiger partial charge in [0.25, 0.3) is 0 Å². The van der Waals surface area contributed by atoms with Crippen LogP contribution in [-0.2, 0) is 4.74 Å². The number of fused-ring (bicyclic) bond motifs is 1. The first kappa shape index (κ1) is 12.3. The Kier molecular flexibility index (Phi) is 3.33. The number of rotatable bonds is 6. The number of anilines is 1. The second kappa shape index (κ2) is 5.13. The molecular weight excluding hydrogens is 242 g/mol. The Morgan fingerprint density at radius 1 is 1.37 bits per heavy atom. The lowest BCUT2D eigenvalue weighted by Crippen LogP contribution is -2.24. The summed E-state index contributed by atoms with van der Waals surface area (Å²) in [6.07, 6.45) is 2.67. The van der Waals surface area contributed by atoms with Gasteiger partial charge in [0.2, 0.25) is 0 Å². The second-order valence-electron chi connectivity index (χ2n) is 5.15. The zero-order valence-electron chi connectivity index (χ0n) is 11.4. The van der Waals surface area contributed by atoms with Crippen LogP contribution in [0.15, 0.2) is 12.1 Å². The molecule has 1 saturated carbocycles. The van der Waals surface area contributed by atoms with Gasteiger partial charge in [-0.3, -0.25) is 0 Å². The van der Waals surface area contributed by atoms with Crippen molar-refractivity contribution in [3.05, 3.63) is 18.0 Å². The Hall–Kier alpha value is -1.69. The minimum Gasteiger partial charge on any atom is -0.379 e. The number of aryl methyl sites for hydroxylation is 1. The van der Waals surface area contributed by atoms with Gasteiger partial charge in [-0.15, -0.1) is 15.3 Å². The molecule has 1 aliphatic carbocycles. The van der Waals surface area contributed by atoms with Crippen LogP contribution in [-0.4, -0.2) is 46.6 Å². The van der Waals surface area contributed by atoms with Gasteiger partial charge in [-0.25, -0.2) is 0 Å². The average Bonchev–Trinajstić information content (AvgIpc) is 3.18. The van der Waals surface area contributed by atoms with Crippen LogP contribution in [0.5, 0.6) is 0 Å². The Morgan fingerprint density at radius 2 is 2.21 bits per heavy atom. The van der Waals surface area contributed by atoms with Gasteiger partial charge in [0.1, 0.15) is 5.82 Å². The number of hydrogen-bond acceptors (Lipinski definition) is 5. The van der Waals surface area contributed by atoms with Crippen molar-refractivity contribution < 1.29 is 4.74 Å². The standard InChI is InChI=1S/C13H19N5O/c1-10-14-15-12-5-6-13(16-18(10)12)17(2)7-8-19-9-11-3-4-11/h5-6,11H,3-4,7-9H2,1-2H3. The first-order chi connectivity index (χ1) is 9.24. The molecule has 0 spiro atoms. The van der Waals surface area contributed by atoms with E-state index in [-0.39, 0.29) is 0 Å². The summed E-state index contributed by atoms with van der Waals surface area (Å²) < 4.78 is 7.41. The van der Waals surface area contributed by atoms with E-state index in [4.69, 9.17) is 4.74 Å². The van der Waals surface area contributed by atoms with Crippen molar-refractivity contribution in [2.75, 3.05) is 31.7 Å². The van der Waals surface area contributed by atoms with Crippen molar-refractivity contribution in [2.45, 2.75) is 19.8 Å². The summed E-state index contributed by atoms with van der Waals surface area (Å²) in [6.45, 7) is 4.39. The van der Waals surface area contributed by atoms with Crippen LogP contribution in [0, 0.1) is 12.8 Å². The van der Waals surface area contributed by atoms with Crippen molar-refractivity contribution in [3.8, 4) is 0 Å². The van der Waals surface area contributed by atoms with E-state index in [1.54, 1.807) is 4.52 Å². The molecule has 2 heterocycles. The smallest absolute Gasteiger partial charge is 0.178 e. The van der Waals surface area contributed by atoms with Gasteiger partial charge in [-0.05, 0) is 37.8 Å². The van der Waals surface area contributed by atoms with Crippen molar-refractivity contribution in [1.29, 1.82) is 0 Å². The van der Waals surface area contributed by atoms with Crippen LogP contribution < -0.4 is 4.90 Å². The molecule has 0 saturated heterocycles. The highest BCUT2D eigenvalue weighted by Crippen LogP contribution is 2.28. The van der Waals surface area contributed by atoms with E-state index in [2.05, 4.69) is 20.2 Å². The summed E-state index contributed by atoms with van der Waals surface area (Å²) >= 11 is 0. The van der Waals surface area contributed by atoms with E-state index in [9.17, 15) is 0 Å². The lowest BCUT2D eigenvalue weighted by Gasteiger charge is -2.17. The zero-order chi connectivity index (χ0) is 13.2. The zero-order valence-corrected chi connectivity index (χ0v) is 11.4. The van der Waals surface area contributed by atoms with Gasteiger partial charge in [-0.1, -0.05) is 0 Å². The molecule has 0 unspecified atom stereocenters. The molecule has 2 aromatic heterocycles. The quantitative estimate of drug-likeness (QED) is 0.734. The SMILES string of the molecule is Cc1nnc2ccc(N(C)CCOCC3CC3)nn12. The Balaban J connectivity index is 1.59. The highest BCUT2D eigenvalue weighted by atomic mass is 16.5. The van der Waals surface area contributed by atoms with Crippen molar-refractivity contribution in [3.63, 3.8) is 0 Å². The molecule has 6 heteroatoms. The molecule has 1 fully saturated rings. The van der Waals surface area contributed by atoms with Crippen LogP contribution in [0.4, 0.5) is 5.82 Å². The third-order valence-electron chi connectivity index (χ3n) is 3.42. The number of hydrogen-bond donors (Lipinski definition) is 0. The van der Waals surface area contributed by atoms with E-state index < -0.39 is 0 Å². The maximum Gasteiger partial charge on any atom is 0.178 e. The van der Waals surface area contributed by atoms with Gasteiger partial charge < -0.3 is 9.64 Å². The maximum atomic E-state index is 5.64. The molecule has 0 aromatic carbocycles. The lowest BCUT2D eigenvalue weighted by molar-refractivity contribution is 0.130. The van der Waals surface area contributed by atoms with Gasteiger partial charge in [0.05, 0.1) is 6.61 Å². The Labute approximate surface area is 112 Å². The topological polar surface area (TPSA) is 55.5 Å². The van der Waals surface area contributed by atoms with E-state index in [0.717, 1.165) is 43.0 Å². The Bertz CT molecular complexity index is 563. The van der Waals surface area contributed by atoms with Gasteiger partial charge in [-0.2, -0.15) is 4.52 Å². The molecule has 0 amide bonds. The fraction of sp³-hybridized carbons (Fsp3) is 0.615. The van der Waals surface area contributed by atoms with Crippen molar-refractivity contribution >= 4 is 11.5 Å². The van der Waals surface area contributed by atoms with Gasteiger partial charge >= 0.3 is 0 Å². The normalized spacial score (nSPS) is 15.1. The fourth-order valence-corrected chi connectivity index (χ4v) is 1.94. The predicted molar refractivity (Wildman–Crippen MR) is 72.3 cm³/mol.